The summed E-state index contributed by atoms with van der Waals surface area (Å²) in [7, 11) is 1.88. The number of fused-ring (bicyclic) bond motifs is 1. The summed E-state index contributed by atoms with van der Waals surface area (Å²) in [5.74, 6) is 2.41. The van der Waals surface area contributed by atoms with Crippen LogP contribution in [0.3, 0.4) is 0 Å². The van der Waals surface area contributed by atoms with Crippen molar-refractivity contribution in [1.82, 2.24) is 4.90 Å². The average molecular weight is 516 g/mol. The molecule has 202 valence electrons. The Hall–Kier alpha value is -2.08. The lowest BCUT2D eigenvalue weighted by molar-refractivity contribution is -0.266. The molecule has 4 aliphatic carbocycles. The molecule has 2 heterocycles. The predicted molar refractivity (Wildman–Crippen MR) is 145 cm³/mol. The van der Waals surface area contributed by atoms with Gasteiger partial charge in [-0.25, -0.2) is 0 Å². The number of rotatable bonds is 7. The zero-order valence-corrected chi connectivity index (χ0v) is 22.8. The molecule has 4 fully saturated rings. The van der Waals surface area contributed by atoms with Crippen LogP contribution in [0.4, 0.5) is 0 Å². The van der Waals surface area contributed by atoms with Crippen LogP contribution in [0.25, 0.3) is 0 Å². The van der Waals surface area contributed by atoms with Gasteiger partial charge in [0.05, 0.1) is 13.2 Å². The van der Waals surface area contributed by atoms with Crippen molar-refractivity contribution in [2.75, 3.05) is 26.8 Å². The number of likely N-dealkylation sites (tertiary alicyclic amines) is 1. The van der Waals surface area contributed by atoms with Crippen LogP contribution >= 0.6 is 0 Å². The summed E-state index contributed by atoms with van der Waals surface area (Å²) in [4.78, 5) is 2.88. The number of phenolic OH excluding ortho intramolecular Hbond substituents is 1. The van der Waals surface area contributed by atoms with Gasteiger partial charge in [-0.15, -0.1) is 0 Å². The SMILES string of the molecule is COC1[C@@H]2Oc3c(O)ccc4c3C23CCN(CC2CC2)[C@H](C4)[C@]32CCC(C)[C@@]1(COCc1ccccc1)C2. The number of hydrogen-bond acceptors (Lipinski definition) is 5. The Morgan fingerprint density at radius 1 is 1.08 bits per heavy atom. The number of benzene rings is 2. The molecule has 0 radical (unpaired) electrons. The number of hydrogen-bond donors (Lipinski definition) is 1. The van der Waals surface area contributed by atoms with Crippen molar-refractivity contribution in [2.24, 2.45) is 22.7 Å². The fraction of sp³-hybridized carbons (Fsp3) is 0.636. The smallest absolute Gasteiger partial charge is 0.165 e. The van der Waals surface area contributed by atoms with Crippen LogP contribution < -0.4 is 4.74 Å². The molecule has 1 N–H and O–H groups in total. The van der Waals surface area contributed by atoms with Crippen LogP contribution in [0.5, 0.6) is 11.5 Å². The maximum atomic E-state index is 11.1. The van der Waals surface area contributed by atoms with E-state index in [0.29, 0.717) is 30.9 Å². The van der Waals surface area contributed by atoms with Crippen molar-refractivity contribution in [1.29, 1.82) is 0 Å². The monoisotopic (exact) mass is 515 g/mol. The fourth-order valence-corrected chi connectivity index (χ4v) is 10.2. The number of piperidine rings is 1. The summed E-state index contributed by atoms with van der Waals surface area (Å²) in [5, 5.41) is 11.1. The first-order valence-electron chi connectivity index (χ1n) is 14.9. The molecular weight excluding hydrogens is 474 g/mol. The summed E-state index contributed by atoms with van der Waals surface area (Å²) in [6.45, 7) is 6.10. The standard InChI is InChI=1S/C33H41NO4/c1-21-12-13-32-19-31(21,20-37-18-23-6-4-3-5-7-23)29(36-2)30-33(32)14-15-34(17-22-8-9-22)26(32)16-24-10-11-25(35)28(38-30)27(24)33/h3-7,10-11,21-22,26,29-30,35H,8-9,12-20H2,1-2H3/t21?,26-,29?,30+,31+,32-,33?/m1/s1. The van der Waals surface area contributed by atoms with Crippen LogP contribution in [0.2, 0.25) is 0 Å². The van der Waals surface area contributed by atoms with Crippen molar-refractivity contribution >= 4 is 0 Å². The Morgan fingerprint density at radius 3 is 2.71 bits per heavy atom. The molecule has 5 nitrogen and oxygen atoms in total. The van der Waals surface area contributed by atoms with Gasteiger partial charge in [0.1, 0.15) is 12.2 Å². The molecule has 3 saturated carbocycles. The molecule has 3 unspecified atom stereocenters. The quantitative estimate of drug-likeness (QED) is 0.530. The van der Waals surface area contributed by atoms with Gasteiger partial charge in [0.2, 0.25) is 0 Å². The second-order valence-electron chi connectivity index (χ2n) is 13.5. The van der Waals surface area contributed by atoms with Gasteiger partial charge in [-0.05, 0) is 80.5 Å². The zero-order chi connectivity index (χ0) is 25.7. The van der Waals surface area contributed by atoms with Gasteiger partial charge in [0.15, 0.2) is 11.5 Å². The van der Waals surface area contributed by atoms with E-state index in [1.807, 2.05) is 13.2 Å². The largest absolute Gasteiger partial charge is 0.504 e. The van der Waals surface area contributed by atoms with E-state index in [0.717, 1.165) is 37.5 Å². The molecule has 5 heteroatoms. The molecule has 2 aromatic rings. The summed E-state index contributed by atoms with van der Waals surface area (Å²) in [6, 6.07) is 15.1. The van der Waals surface area contributed by atoms with Crippen molar-refractivity contribution in [3.05, 3.63) is 59.2 Å². The predicted octanol–water partition coefficient (Wildman–Crippen LogP) is 5.47. The number of ether oxygens (including phenoxy) is 3. The normalized spacial score (nSPS) is 40.5. The highest BCUT2D eigenvalue weighted by Gasteiger charge is 2.78. The molecule has 4 bridgehead atoms. The minimum Gasteiger partial charge on any atom is -0.504 e. The molecule has 0 amide bonds. The van der Waals surface area contributed by atoms with Gasteiger partial charge in [-0.1, -0.05) is 43.3 Å². The third-order valence-electron chi connectivity index (χ3n) is 12.0. The summed E-state index contributed by atoms with van der Waals surface area (Å²) in [6.07, 6.45) is 8.33. The zero-order valence-electron chi connectivity index (χ0n) is 22.8. The molecule has 6 aliphatic rings. The average Bonchev–Trinajstić information content (AvgIpc) is 3.67. The van der Waals surface area contributed by atoms with E-state index in [1.165, 1.54) is 48.9 Å². The van der Waals surface area contributed by atoms with Crippen LogP contribution in [0.15, 0.2) is 42.5 Å². The van der Waals surface area contributed by atoms with Crippen molar-refractivity contribution < 1.29 is 19.3 Å². The number of nitrogens with zero attached hydrogens (tertiary/aromatic N) is 1. The van der Waals surface area contributed by atoms with Gasteiger partial charge >= 0.3 is 0 Å². The molecular formula is C33H41NO4. The highest BCUT2D eigenvalue weighted by Crippen LogP contribution is 2.76. The second kappa shape index (κ2) is 8.22. The number of methoxy groups -OCH3 is 1. The van der Waals surface area contributed by atoms with Gasteiger partial charge in [0.25, 0.3) is 0 Å². The summed E-state index contributed by atoms with van der Waals surface area (Å²) in [5.41, 5.74) is 3.86. The van der Waals surface area contributed by atoms with Gasteiger partial charge in [-0.2, -0.15) is 0 Å². The lowest BCUT2D eigenvalue weighted by atomic mass is 9.35. The van der Waals surface area contributed by atoms with Crippen LogP contribution in [0, 0.1) is 22.7 Å². The minimum absolute atomic E-state index is 0.0740. The number of phenols is 1. The highest BCUT2D eigenvalue weighted by atomic mass is 16.5. The molecule has 1 saturated heterocycles. The van der Waals surface area contributed by atoms with Crippen molar-refractivity contribution in [2.45, 2.75) is 82.1 Å². The molecule has 2 spiro atoms. The molecule has 2 aromatic carbocycles. The Morgan fingerprint density at radius 2 is 1.92 bits per heavy atom. The van der Waals surface area contributed by atoms with E-state index in [1.54, 1.807) is 0 Å². The minimum atomic E-state index is -0.119. The van der Waals surface area contributed by atoms with Crippen molar-refractivity contribution in [3.8, 4) is 11.5 Å². The van der Waals surface area contributed by atoms with Crippen LogP contribution in [-0.2, 0) is 27.9 Å². The molecule has 7 atom stereocenters. The van der Waals surface area contributed by atoms with Crippen LogP contribution in [0.1, 0.15) is 62.1 Å². The Labute approximate surface area is 226 Å². The maximum absolute atomic E-state index is 11.1. The molecule has 8 rings (SSSR count). The highest BCUT2D eigenvalue weighted by molar-refractivity contribution is 5.62. The van der Waals surface area contributed by atoms with Gasteiger partial charge in [-0.3, -0.25) is 4.90 Å². The third-order valence-corrected chi connectivity index (χ3v) is 12.0. The first-order chi connectivity index (χ1) is 18.5. The van der Waals surface area contributed by atoms with E-state index >= 15 is 0 Å². The second-order valence-corrected chi connectivity index (χ2v) is 13.5. The lowest BCUT2D eigenvalue weighted by Crippen LogP contribution is -2.79. The molecule has 38 heavy (non-hydrogen) atoms. The summed E-state index contributed by atoms with van der Waals surface area (Å²) < 4.78 is 20.1. The maximum Gasteiger partial charge on any atom is 0.165 e. The van der Waals surface area contributed by atoms with Crippen molar-refractivity contribution in [3.63, 3.8) is 0 Å². The Balaban J connectivity index is 1.26. The van der Waals surface area contributed by atoms with Crippen LogP contribution in [-0.4, -0.2) is 55.1 Å². The molecule has 2 aliphatic heterocycles. The lowest BCUT2D eigenvalue weighted by Gasteiger charge is -2.73. The van der Waals surface area contributed by atoms with E-state index in [-0.39, 0.29) is 28.5 Å². The third kappa shape index (κ3) is 2.93. The fourth-order valence-electron chi connectivity index (χ4n) is 10.2. The van der Waals surface area contributed by atoms with E-state index in [4.69, 9.17) is 14.2 Å². The van der Waals surface area contributed by atoms with E-state index < -0.39 is 0 Å². The topological polar surface area (TPSA) is 51.2 Å². The first-order valence-corrected chi connectivity index (χ1v) is 14.9. The van der Waals surface area contributed by atoms with Gasteiger partial charge < -0.3 is 19.3 Å². The molecule has 0 aromatic heterocycles. The Kier molecular flexibility index (Phi) is 5.14. The number of aromatic hydroxyl groups is 1. The summed E-state index contributed by atoms with van der Waals surface area (Å²) >= 11 is 0. The van der Waals surface area contributed by atoms with Gasteiger partial charge in [0, 0.05) is 41.5 Å². The van der Waals surface area contributed by atoms with E-state index in [2.05, 4.69) is 48.2 Å². The van der Waals surface area contributed by atoms with E-state index in [9.17, 15) is 5.11 Å². The Bertz CT molecular complexity index is 1250. The first kappa shape index (κ1) is 23.8.